The predicted octanol–water partition coefficient (Wildman–Crippen LogP) is 2.86. The van der Waals surface area contributed by atoms with Crippen LogP contribution in [-0.2, 0) is 9.59 Å². The van der Waals surface area contributed by atoms with Gasteiger partial charge in [0.05, 0.1) is 17.0 Å². The van der Waals surface area contributed by atoms with E-state index in [9.17, 15) is 19.1 Å². The standard InChI is InChI=1S/C14H15ClFNO3/c1-7(2)17-12(18)6-9(14(19)20)13(17)8-3-4-10(15)11(16)5-8/h3-5,7,9,13H,6H2,1-2H3,(H,19,20)/t9-,13-/m1/s1. The van der Waals surface area contributed by atoms with Gasteiger partial charge >= 0.3 is 5.97 Å². The van der Waals surface area contributed by atoms with Crippen LogP contribution < -0.4 is 0 Å². The van der Waals surface area contributed by atoms with Gasteiger partial charge in [0.2, 0.25) is 5.91 Å². The molecule has 1 heterocycles. The van der Waals surface area contributed by atoms with E-state index in [2.05, 4.69) is 0 Å². The molecule has 1 saturated heterocycles. The molecule has 2 rings (SSSR count). The van der Waals surface area contributed by atoms with E-state index >= 15 is 0 Å². The van der Waals surface area contributed by atoms with Gasteiger partial charge in [-0.3, -0.25) is 9.59 Å². The summed E-state index contributed by atoms with van der Waals surface area (Å²) < 4.78 is 13.6. The number of carboxylic acids is 1. The summed E-state index contributed by atoms with van der Waals surface area (Å²) >= 11 is 5.64. The monoisotopic (exact) mass is 299 g/mol. The fraction of sp³-hybridized carbons (Fsp3) is 0.429. The summed E-state index contributed by atoms with van der Waals surface area (Å²) in [6.07, 6.45) is -0.0670. The van der Waals surface area contributed by atoms with E-state index in [1.807, 2.05) is 0 Å². The van der Waals surface area contributed by atoms with Crippen LogP contribution in [-0.4, -0.2) is 27.9 Å². The number of carboxylic acid groups (broad SMARTS) is 1. The fourth-order valence-electron chi connectivity index (χ4n) is 2.67. The molecule has 1 fully saturated rings. The summed E-state index contributed by atoms with van der Waals surface area (Å²) in [5.41, 5.74) is 0.457. The molecule has 6 heteroatoms. The Morgan fingerprint density at radius 3 is 2.65 bits per heavy atom. The Hall–Kier alpha value is -1.62. The minimum Gasteiger partial charge on any atom is -0.481 e. The number of rotatable bonds is 3. The van der Waals surface area contributed by atoms with Crippen LogP contribution in [0.25, 0.3) is 0 Å². The quantitative estimate of drug-likeness (QED) is 0.933. The largest absolute Gasteiger partial charge is 0.481 e. The number of halogens is 2. The van der Waals surface area contributed by atoms with Gasteiger partial charge in [0.1, 0.15) is 5.82 Å². The first kappa shape index (κ1) is 14.8. The molecule has 1 aromatic rings. The van der Waals surface area contributed by atoms with Gasteiger partial charge in [-0.1, -0.05) is 17.7 Å². The molecule has 0 spiro atoms. The molecule has 20 heavy (non-hydrogen) atoms. The van der Waals surface area contributed by atoms with E-state index in [1.54, 1.807) is 19.9 Å². The maximum Gasteiger partial charge on any atom is 0.309 e. The fourth-order valence-corrected chi connectivity index (χ4v) is 2.79. The van der Waals surface area contributed by atoms with Crippen molar-refractivity contribution >= 4 is 23.5 Å². The number of carbonyl (C=O) groups excluding carboxylic acids is 1. The first-order valence-electron chi connectivity index (χ1n) is 6.32. The average Bonchev–Trinajstić information content (AvgIpc) is 2.70. The number of carbonyl (C=O) groups is 2. The van der Waals surface area contributed by atoms with Gasteiger partial charge in [0.15, 0.2) is 0 Å². The highest BCUT2D eigenvalue weighted by molar-refractivity contribution is 6.30. The molecule has 1 N–H and O–H groups in total. The summed E-state index contributed by atoms with van der Waals surface area (Å²) in [5.74, 6) is -2.77. The van der Waals surface area contributed by atoms with Crippen molar-refractivity contribution in [2.75, 3.05) is 0 Å². The van der Waals surface area contributed by atoms with Crippen molar-refractivity contribution in [2.24, 2.45) is 5.92 Å². The number of likely N-dealkylation sites (tertiary alicyclic amines) is 1. The van der Waals surface area contributed by atoms with Gasteiger partial charge in [0, 0.05) is 12.5 Å². The summed E-state index contributed by atoms with van der Waals surface area (Å²) in [5, 5.41) is 9.26. The van der Waals surface area contributed by atoms with Crippen molar-refractivity contribution in [3.63, 3.8) is 0 Å². The zero-order chi connectivity index (χ0) is 15.0. The first-order valence-corrected chi connectivity index (χ1v) is 6.69. The van der Waals surface area contributed by atoms with E-state index in [4.69, 9.17) is 11.6 Å². The summed E-state index contributed by atoms with van der Waals surface area (Å²) in [4.78, 5) is 24.9. The van der Waals surface area contributed by atoms with Crippen molar-refractivity contribution in [1.82, 2.24) is 4.90 Å². The highest BCUT2D eigenvalue weighted by Gasteiger charge is 2.45. The maximum absolute atomic E-state index is 13.6. The van der Waals surface area contributed by atoms with Crippen molar-refractivity contribution < 1.29 is 19.1 Å². The zero-order valence-electron chi connectivity index (χ0n) is 11.1. The van der Waals surface area contributed by atoms with Crippen molar-refractivity contribution in [2.45, 2.75) is 32.4 Å². The molecule has 0 radical (unpaired) electrons. The molecule has 0 aromatic heterocycles. The predicted molar refractivity (Wildman–Crippen MR) is 71.9 cm³/mol. The van der Waals surface area contributed by atoms with Crippen LogP contribution in [0.1, 0.15) is 31.9 Å². The molecular weight excluding hydrogens is 285 g/mol. The minimum absolute atomic E-state index is 0.0268. The highest BCUT2D eigenvalue weighted by Crippen LogP contribution is 2.40. The zero-order valence-corrected chi connectivity index (χ0v) is 11.9. The third-order valence-electron chi connectivity index (χ3n) is 3.52. The molecule has 1 aliphatic rings. The summed E-state index contributed by atoms with van der Waals surface area (Å²) in [6, 6.07) is 3.34. The third-order valence-corrected chi connectivity index (χ3v) is 3.83. The second kappa shape index (κ2) is 5.40. The summed E-state index contributed by atoms with van der Waals surface area (Å²) in [6.45, 7) is 3.61. The lowest BCUT2D eigenvalue weighted by Gasteiger charge is -2.30. The first-order chi connectivity index (χ1) is 9.32. The number of hydrogen-bond donors (Lipinski definition) is 1. The molecule has 4 nitrogen and oxygen atoms in total. The molecule has 0 bridgehead atoms. The Bertz CT molecular complexity index is 561. The van der Waals surface area contributed by atoms with Crippen LogP contribution in [0.3, 0.4) is 0 Å². The Kier molecular flexibility index (Phi) is 3.99. The lowest BCUT2D eigenvalue weighted by atomic mass is 9.93. The second-order valence-electron chi connectivity index (χ2n) is 5.16. The van der Waals surface area contributed by atoms with Gasteiger partial charge in [-0.05, 0) is 31.5 Å². The number of aliphatic carboxylic acids is 1. The Labute approximate surface area is 121 Å². The molecular formula is C14H15ClFNO3. The number of benzene rings is 1. The molecule has 0 aliphatic carbocycles. The van der Waals surface area contributed by atoms with Crippen LogP contribution in [0.15, 0.2) is 18.2 Å². The molecule has 0 unspecified atom stereocenters. The van der Waals surface area contributed by atoms with E-state index in [1.165, 1.54) is 17.0 Å². The summed E-state index contributed by atoms with van der Waals surface area (Å²) in [7, 11) is 0. The van der Waals surface area contributed by atoms with Crippen molar-refractivity contribution in [3.05, 3.63) is 34.6 Å². The number of hydrogen-bond acceptors (Lipinski definition) is 2. The second-order valence-corrected chi connectivity index (χ2v) is 5.57. The molecule has 108 valence electrons. The third kappa shape index (κ3) is 2.50. The van der Waals surface area contributed by atoms with Gasteiger partial charge in [-0.2, -0.15) is 0 Å². The van der Waals surface area contributed by atoms with Gasteiger partial charge in [-0.15, -0.1) is 0 Å². The van der Waals surface area contributed by atoms with Crippen LogP contribution in [0.4, 0.5) is 4.39 Å². The van der Waals surface area contributed by atoms with Crippen LogP contribution >= 0.6 is 11.6 Å². The molecule has 1 aliphatic heterocycles. The van der Waals surface area contributed by atoms with Crippen molar-refractivity contribution in [3.8, 4) is 0 Å². The van der Waals surface area contributed by atoms with E-state index in [0.717, 1.165) is 0 Å². The average molecular weight is 300 g/mol. The molecule has 2 atom stereocenters. The van der Waals surface area contributed by atoms with E-state index < -0.39 is 23.7 Å². The molecule has 1 aromatic carbocycles. The topological polar surface area (TPSA) is 57.6 Å². The molecule has 0 saturated carbocycles. The van der Waals surface area contributed by atoms with Crippen LogP contribution in [0, 0.1) is 11.7 Å². The Balaban J connectivity index is 2.48. The normalized spacial score (nSPS) is 22.6. The SMILES string of the molecule is CC(C)N1C(=O)C[C@@H](C(=O)O)[C@H]1c1ccc(Cl)c(F)c1. The van der Waals surface area contributed by atoms with E-state index in [0.29, 0.717) is 5.56 Å². The van der Waals surface area contributed by atoms with E-state index in [-0.39, 0.29) is 23.4 Å². The van der Waals surface area contributed by atoms with Gasteiger partial charge < -0.3 is 10.0 Å². The smallest absolute Gasteiger partial charge is 0.309 e. The Morgan fingerprint density at radius 1 is 1.50 bits per heavy atom. The van der Waals surface area contributed by atoms with Gasteiger partial charge in [-0.25, -0.2) is 4.39 Å². The minimum atomic E-state index is -1.05. The van der Waals surface area contributed by atoms with Crippen molar-refractivity contribution in [1.29, 1.82) is 0 Å². The maximum atomic E-state index is 13.6. The lowest BCUT2D eigenvalue weighted by molar-refractivity contribution is -0.142. The number of nitrogens with zero attached hydrogens (tertiary/aromatic N) is 1. The van der Waals surface area contributed by atoms with Crippen LogP contribution in [0.5, 0.6) is 0 Å². The lowest BCUT2D eigenvalue weighted by Crippen LogP contribution is -2.36. The van der Waals surface area contributed by atoms with Gasteiger partial charge in [0.25, 0.3) is 0 Å². The Morgan fingerprint density at radius 2 is 2.15 bits per heavy atom. The molecule has 1 amide bonds. The van der Waals surface area contributed by atoms with Crippen LogP contribution in [0.2, 0.25) is 5.02 Å². The highest BCUT2D eigenvalue weighted by atomic mass is 35.5. The number of amides is 1.